The Morgan fingerprint density at radius 2 is 1.79 bits per heavy atom. The van der Waals surface area contributed by atoms with Gasteiger partial charge in [-0.3, -0.25) is 0 Å². The van der Waals surface area contributed by atoms with Gasteiger partial charge in [0.25, 0.3) is 0 Å². The maximum absolute atomic E-state index is 5.56. The Balaban J connectivity index is 2.84. The molecule has 0 aromatic heterocycles. The van der Waals surface area contributed by atoms with Gasteiger partial charge in [-0.2, -0.15) is 0 Å². The average Bonchev–Trinajstić information content (AvgIpc) is 2.19. The number of benzene rings is 1. The summed E-state index contributed by atoms with van der Waals surface area (Å²) in [5, 5.41) is 0. The fraction of sp³-hybridized carbons (Fsp3) is 0.500. The molecule has 0 radical (unpaired) electrons. The van der Waals surface area contributed by atoms with Crippen molar-refractivity contribution >= 4 is 0 Å². The predicted molar refractivity (Wildman–Crippen MR) is 61.1 cm³/mol. The molecule has 0 bridgehead atoms. The van der Waals surface area contributed by atoms with Crippen LogP contribution >= 0.6 is 0 Å². The van der Waals surface area contributed by atoms with E-state index in [0.29, 0.717) is 12.6 Å². The molecule has 0 amide bonds. The van der Waals surface area contributed by atoms with Crippen LogP contribution in [0.25, 0.3) is 0 Å². The second kappa shape index (κ2) is 5.13. The number of nitrogens with zero attached hydrogens (tertiary/aromatic N) is 1. The van der Waals surface area contributed by atoms with Crippen molar-refractivity contribution in [2.24, 2.45) is 5.73 Å². The number of hydrogen-bond donors (Lipinski definition) is 1. The third-order valence-electron chi connectivity index (χ3n) is 2.61. The third kappa shape index (κ3) is 2.56. The second-order valence-corrected chi connectivity index (χ2v) is 3.83. The third-order valence-corrected chi connectivity index (χ3v) is 2.61. The van der Waals surface area contributed by atoms with Gasteiger partial charge < -0.3 is 10.6 Å². The molecule has 0 aliphatic rings. The van der Waals surface area contributed by atoms with E-state index in [2.05, 4.69) is 50.2 Å². The fourth-order valence-electron chi connectivity index (χ4n) is 1.77. The lowest BCUT2D eigenvalue weighted by molar-refractivity contribution is 0.292. The van der Waals surface area contributed by atoms with E-state index in [1.807, 2.05) is 0 Å². The van der Waals surface area contributed by atoms with Crippen LogP contribution in [0.1, 0.15) is 30.5 Å². The van der Waals surface area contributed by atoms with Gasteiger partial charge in [0.2, 0.25) is 0 Å². The van der Waals surface area contributed by atoms with Crippen LogP contribution in [0.3, 0.4) is 0 Å². The van der Waals surface area contributed by atoms with Crippen molar-refractivity contribution in [1.82, 2.24) is 4.90 Å². The molecule has 1 unspecified atom stereocenters. The zero-order chi connectivity index (χ0) is 10.6. The van der Waals surface area contributed by atoms with Crippen LogP contribution < -0.4 is 5.73 Å². The summed E-state index contributed by atoms with van der Waals surface area (Å²) < 4.78 is 0. The summed E-state index contributed by atoms with van der Waals surface area (Å²) in [6.45, 7) is 2.83. The van der Waals surface area contributed by atoms with Crippen molar-refractivity contribution in [1.29, 1.82) is 0 Å². The molecule has 0 aliphatic carbocycles. The maximum atomic E-state index is 5.56. The van der Waals surface area contributed by atoms with Gasteiger partial charge in [0.05, 0.1) is 0 Å². The smallest absolute Gasteiger partial charge is 0.0339 e. The largest absolute Gasteiger partial charge is 0.326 e. The van der Waals surface area contributed by atoms with Crippen LogP contribution in [0.2, 0.25) is 0 Å². The van der Waals surface area contributed by atoms with E-state index < -0.39 is 0 Å². The van der Waals surface area contributed by atoms with Crippen molar-refractivity contribution in [2.45, 2.75) is 25.9 Å². The highest BCUT2D eigenvalue weighted by molar-refractivity contribution is 5.24. The molecular weight excluding hydrogens is 172 g/mol. The van der Waals surface area contributed by atoms with Gasteiger partial charge in [0, 0.05) is 12.6 Å². The Morgan fingerprint density at radius 3 is 2.14 bits per heavy atom. The topological polar surface area (TPSA) is 29.3 Å². The van der Waals surface area contributed by atoms with Crippen LogP contribution in [-0.2, 0) is 6.54 Å². The van der Waals surface area contributed by atoms with E-state index in [0.717, 1.165) is 6.42 Å². The highest BCUT2D eigenvalue weighted by Gasteiger charge is 2.10. The Labute approximate surface area is 86.7 Å². The highest BCUT2D eigenvalue weighted by Crippen LogP contribution is 2.21. The molecule has 1 rings (SSSR count). The molecule has 0 saturated carbocycles. The standard InChI is InChI=1S/C12H20N2/c1-4-12(14(2)3)11-7-5-10(9-13)6-8-11/h5-8,12H,4,9,13H2,1-3H3. The lowest BCUT2D eigenvalue weighted by Crippen LogP contribution is -2.19. The normalized spacial score (nSPS) is 13.2. The summed E-state index contributed by atoms with van der Waals surface area (Å²) in [6, 6.07) is 9.09. The summed E-state index contributed by atoms with van der Waals surface area (Å²) in [5.74, 6) is 0. The molecule has 1 aromatic carbocycles. The van der Waals surface area contributed by atoms with Gasteiger partial charge in [0.15, 0.2) is 0 Å². The monoisotopic (exact) mass is 192 g/mol. The van der Waals surface area contributed by atoms with E-state index in [1.54, 1.807) is 0 Å². The van der Waals surface area contributed by atoms with Gasteiger partial charge in [-0.15, -0.1) is 0 Å². The van der Waals surface area contributed by atoms with Crippen molar-refractivity contribution < 1.29 is 0 Å². The fourth-order valence-corrected chi connectivity index (χ4v) is 1.77. The van der Waals surface area contributed by atoms with E-state index in [-0.39, 0.29) is 0 Å². The Hall–Kier alpha value is -0.860. The van der Waals surface area contributed by atoms with Crippen molar-refractivity contribution in [3.8, 4) is 0 Å². The Kier molecular flexibility index (Phi) is 4.11. The van der Waals surface area contributed by atoms with Crippen LogP contribution in [0, 0.1) is 0 Å². The van der Waals surface area contributed by atoms with Gasteiger partial charge in [0.1, 0.15) is 0 Å². The van der Waals surface area contributed by atoms with Gasteiger partial charge in [-0.05, 0) is 31.6 Å². The second-order valence-electron chi connectivity index (χ2n) is 3.83. The first kappa shape index (κ1) is 11.2. The van der Waals surface area contributed by atoms with Crippen molar-refractivity contribution in [3.05, 3.63) is 35.4 Å². The van der Waals surface area contributed by atoms with Crippen molar-refractivity contribution in [2.75, 3.05) is 14.1 Å². The van der Waals surface area contributed by atoms with E-state index in [1.165, 1.54) is 11.1 Å². The average molecular weight is 192 g/mol. The summed E-state index contributed by atoms with van der Waals surface area (Å²) in [6.07, 6.45) is 1.13. The SMILES string of the molecule is CCC(c1ccc(CN)cc1)N(C)C. The Morgan fingerprint density at radius 1 is 1.21 bits per heavy atom. The molecule has 78 valence electrons. The maximum Gasteiger partial charge on any atom is 0.0339 e. The molecule has 14 heavy (non-hydrogen) atoms. The molecule has 2 nitrogen and oxygen atoms in total. The van der Waals surface area contributed by atoms with E-state index >= 15 is 0 Å². The minimum absolute atomic E-state index is 0.516. The van der Waals surface area contributed by atoms with Crippen molar-refractivity contribution in [3.63, 3.8) is 0 Å². The van der Waals surface area contributed by atoms with Crippen LogP contribution in [-0.4, -0.2) is 19.0 Å². The molecule has 2 N–H and O–H groups in total. The lowest BCUT2D eigenvalue weighted by atomic mass is 10.0. The molecule has 0 fully saturated rings. The molecule has 0 heterocycles. The van der Waals surface area contributed by atoms with Gasteiger partial charge in [-0.1, -0.05) is 31.2 Å². The van der Waals surface area contributed by atoms with E-state index in [9.17, 15) is 0 Å². The van der Waals surface area contributed by atoms with Gasteiger partial charge >= 0.3 is 0 Å². The van der Waals surface area contributed by atoms with Crippen LogP contribution in [0.4, 0.5) is 0 Å². The van der Waals surface area contributed by atoms with E-state index in [4.69, 9.17) is 5.73 Å². The number of nitrogens with two attached hydrogens (primary N) is 1. The molecule has 1 atom stereocenters. The first-order valence-electron chi connectivity index (χ1n) is 5.14. The zero-order valence-electron chi connectivity index (χ0n) is 9.33. The predicted octanol–water partition coefficient (Wildman–Crippen LogP) is 2.16. The molecular formula is C12H20N2. The molecule has 0 aliphatic heterocycles. The minimum Gasteiger partial charge on any atom is -0.326 e. The summed E-state index contributed by atoms with van der Waals surface area (Å²) in [7, 11) is 4.23. The molecule has 1 aromatic rings. The quantitative estimate of drug-likeness (QED) is 0.792. The Bertz CT molecular complexity index is 264. The lowest BCUT2D eigenvalue weighted by Gasteiger charge is -2.23. The van der Waals surface area contributed by atoms with Crippen LogP contribution in [0.15, 0.2) is 24.3 Å². The summed E-state index contributed by atoms with van der Waals surface area (Å²) in [4.78, 5) is 2.25. The summed E-state index contributed by atoms with van der Waals surface area (Å²) >= 11 is 0. The number of hydrogen-bond acceptors (Lipinski definition) is 2. The van der Waals surface area contributed by atoms with Gasteiger partial charge in [-0.25, -0.2) is 0 Å². The minimum atomic E-state index is 0.516. The highest BCUT2D eigenvalue weighted by atomic mass is 15.1. The molecule has 0 saturated heterocycles. The van der Waals surface area contributed by atoms with Crippen LogP contribution in [0.5, 0.6) is 0 Å². The number of rotatable bonds is 4. The first-order valence-corrected chi connectivity index (χ1v) is 5.14. The zero-order valence-corrected chi connectivity index (χ0v) is 9.33. The summed E-state index contributed by atoms with van der Waals surface area (Å²) in [5.41, 5.74) is 8.12. The molecule has 0 spiro atoms. The molecule has 2 heteroatoms. The first-order chi connectivity index (χ1) is 6.69.